The molecule has 0 aromatic rings. The predicted molar refractivity (Wildman–Crippen MR) is 61.4 cm³/mol. The number of aliphatic hydroxyl groups excluding tert-OH is 1. The van der Waals surface area contributed by atoms with Crippen LogP contribution in [0, 0.1) is 5.41 Å². The zero-order chi connectivity index (χ0) is 10.2. The van der Waals surface area contributed by atoms with Crippen LogP contribution in [0.15, 0.2) is 0 Å². The third kappa shape index (κ3) is 12.3. The van der Waals surface area contributed by atoms with Crippen LogP contribution in [-0.4, -0.2) is 36.3 Å². The average Bonchev–Trinajstić information content (AvgIpc) is 2.01. The minimum atomic E-state index is 0.322. The largest absolute Gasteiger partial charge is 0.396 e. The van der Waals surface area contributed by atoms with E-state index in [9.17, 15) is 0 Å². The van der Waals surface area contributed by atoms with Crippen LogP contribution < -0.4 is 5.32 Å². The van der Waals surface area contributed by atoms with Gasteiger partial charge < -0.3 is 10.4 Å². The molecule has 0 saturated heterocycles. The molecule has 0 aromatic heterocycles. The van der Waals surface area contributed by atoms with Crippen LogP contribution in [0.3, 0.4) is 0 Å². The second kappa shape index (κ2) is 7.65. The van der Waals surface area contributed by atoms with Gasteiger partial charge in [-0.25, -0.2) is 0 Å². The molecule has 0 atom stereocenters. The van der Waals surface area contributed by atoms with Gasteiger partial charge in [0.1, 0.15) is 0 Å². The summed E-state index contributed by atoms with van der Waals surface area (Å²) in [7, 11) is 0. The van der Waals surface area contributed by atoms with E-state index in [1.54, 1.807) is 0 Å². The van der Waals surface area contributed by atoms with E-state index in [2.05, 4.69) is 26.1 Å². The van der Waals surface area contributed by atoms with Crippen LogP contribution in [0.1, 0.15) is 27.2 Å². The Kier molecular flexibility index (Phi) is 7.81. The summed E-state index contributed by atoms with van der Waals surface area (Å²) in [6.07, 6.45) is 0.921. The zero-order valence-electron chi connectivity index (χ0n) is 9.10. The first-order valence-electron chi connectivity index (χ1n) is 4.95. The van der Waals surface area contributed by atoms with Crippen LogP contribution >= 0.6 is 11.8 Å². The fraction of sp³-hybridized carbons (Fsp3) is 1.00. The normalized spacial score (nSPS) is 12.0. The van der Waals surface area contributed by atoms with E-state index in [1.165, 1.54) is 0 Å². The molecule has 0 unspecified atom stereocenters. The molecule has 3 heteroatoms. The molecule has 2 N–H and O–H groups in total. The number of thioether (sulfide) groups is 1. The molecule has 0 heterocycles. The van der Waals surface area contributed by atoms with Crippen molar-refractivity contribution in [2.45, 2.75) is 27.2 Å². The molecule has 0 amide bonds. The summed E-state index contributed by atoms with van der Waals surface area (Å²) in [4.78, 5) is 0. The highest BCUT2D eigenvalue weighted by molar-refractivity contribution is 7.99. The van der Waals surface area contributed by atoms with Gasteiger partial charge in [0.05, 0.1) is 0 Å². The number of hydrogen-bond acceptors (Lipinski definition) is 3. The predicted octanol–water partition coefficient (Wildman–Crippen LogP) is 1.74. The second-order valence-corrected chi connectivity index (χ2v) is 5.65. The highest BCUT2D eigenvalue weighted by Crippen LogP contribution is 2.10. The monoisotopic (exact) mass is 205 g/mol. The van der Waals surface area contributed by atoms with Gasteiger partial charge in [-0.05, 0) is 17.6 Å². The molecule has 0 aliphatic carbocycles. The number of rotatable bonds is 7. The molecule has 0 radical (unpaired) electrons. The Morgan fingerprint density at radius 1 is 1.23 bits per heavy atom. The van der Waals surface area contributed by atoms with Gasteiger partial charge in [0.2, 0.25) is 0 Å². The van der Waals surface area contributed by atoms with Crippen molar-refractivity contribution < 1.29 is 5.11 Å². The lowest BCUT2D eigenvalue weighted by Gasteiger charge is -2.18. The molecule has 0 fully saturated rings. The Balaban J connectivity index is 3.00. The molecular weight excluding hydrogens is 182 g/mol. The first kappa shape index (κ1) is 13.3. The summed E-state index contributed by atoms with van der Waals surface area (Å²) in [6.45, 7) is 9.18. The van der Waals surface area contributed by atoms with E-state index in [1.807, 2.05) is 11.8 Å². The van der Waals surface area contributed by atoms with Crippen molar-refractivity contribution in [1.82, 2.24) is 5.32 Å². The molecule has 80 valence electrons. The van der Waals surface area contributed by atoms with Crippen molar-refractivity contribution in [3.63, 3.8) is 0 Å². The first-order chi connectivity index (χ1) is 6.06. The van der Waals surface area contributed by atoms with Crippen molar-refractivity contribution in [3.05, 3.63) is 0 Å². The molecule has 0 aliphatic heterocycles. The van der Waals surface area contributed by atoms with Gasteiger partial charge in [0, 0.05) is 25.4 Å². The van der Waals surface area contributed by atoms with Crippen LogP contribution in [0.5, 0.6) is 0 Å². The van der Waals surface area contributed by atoms with Gasteiger partial charge in [0.15, 0.2) is 0 Å². The van der Waals surface area contributed by atoms with Crippen molar-refractivity contribution in [2.24, 2.45) is 5.41 Å². The lowest BCUT2D eigenvalue weighted by Crippen LogP contribution is -2.28. The van der Waals surface area contributed by atoms with Gasteiger partial charge in [-0.1, -0.05) is 20.8 Å². The summed E-state index contributed by atoms with van der Waals surface area (Å²) < 4.78 is 0. The number of nitrogens with one attached hydrogen (secondary N) is 1. The third-order valence-corrected chi connectivity index (χ3v) is 2.60. The summed E-state index contributed by atoms with van der Waals surface area (Å²) >= 11 is 1.91. The van der Waals surface area contributed by atoms with Crippen molar-refractivity contribution in [2.75, 3.05) is 31.2 Å². The van der Waals surface area contributed by atoms with Gasteiger partial charge >= 0.3 is 0 Å². The van der Waals surface area contributed by atoms with Crippen molar-refractivity contribution >= 4 is 11.8 Å². The van der Waals surface area contributed by atoms with Crippen LogP contribution in [0.4, 0.5) is 0 Å². The molecule has 0 saturated carbocycles. The highest BCUT2D eigenvalue weighted by atomic mass is 32.2. The molecule has 0 rings (SSSR count). The summed E-state index contributed by atoms with van der Waals surface area (Å²) in [5.74, 6) is 2.23. The Hall–Kier alpha value is 0.270. The van der Waals surface area contributed by atoms with Gasteiger partial charge in [-0.3, -0.25) is 0 Å². The van der Waals surface area contributed by atoms with E-state index in [0.717, 1.165) is 31.0 Å². The Labute approximate surface area is 86.5 Å². The minimum Gasteiger partial charge on any atom is -0.396 e. The quantitative estimate of drug-likeness (QED) is 0.621. The van der Waals surface area contributed by atoms with E-state index >= 15 is 0 Å². The van der Waals surface area contributed by atoms with E-state index in [0.29, 0.717) is 12.0 Å². The number of hydrogen-bond donors (Lipinski definition) is 2. The fourth-order valence-electron chi connectivity index (χ4n) is 0.876. The molecular formula is C10H23NOS. The summed E-state index contributed by atoms with van der Waals surface area (Å²) in [5.41, 5.74) is 0.385. The van der Waals surface area contributed by atoms with Crippen LogP contribution in [0.2, 0.25) is 0 Å². The van der Waals surface area contributed by atoms with Gasteiger partial charge in [0.25, 0.3) is 0 Å². The molecule has 2 nitrogen and oxygen atoms in total. The minimum absolute atomic E-state index is 0.322. The second-order valence-electron chi connectivity index (χ2n) is 4.43. The first-order valence-corrected chi connectivity index (χ1v) is 6.11. The SMILES string of the molecule is CC(C)(C)CNCCSCCCO. The van der Waals surface area contributed by atoms with Crippen LogP contribution in [0.25, 0.3) is 0 Å². The van der Waals surface area contributed by atoms with E-state index in [4.69, 9.17) is 5.11 Å². The van der Waals surface area contributed by atoms with Crippen molar-refractivity contribution in [1.29, 1.82) is 0 Å². The lowest BCUT2D eigenvalue weighted by atomic mass is 9.97. The van der Waals surface area contributed by atoms with E-state index < -0.39 is 0 Å². The Morgan fingerprint density at radius 3 is 2.46 bits per heavy atom. The Bertz CT molecular complexity index is 112. The number of aliphatic hydroxyl groups is 1. The maximum Gasteiger partial charge on any atom is 0.0438 e. The zero-order valence-corrected chi connectivity index (χ0v) is 9.91. The smallest absolute Gasteiger partial charge is 0.0438 e. The molecule has 0 spiro atoms. The molecule has 0 aliphatic rings. The summed E-state index contributed by atoms with van der Waals surface area (Å²) in [6, 6.07) is 0. The maximum atomic E-state index is 8.55. The fourth-order valence-corrected chi connectivity index (χ4v) is 1.70. The van der Waals surface area contributed by atoms with Crippen LogP contribution in [-0.2, 0) is 0 Å². The maximum absolute atomic E-state index is 8.55. The molecule has 13 heavy (non-hydrogen) atoms. The third-order valence-electron chi connectivity index (χ3n) is 1.53. The average molecular weight is 205 g/mol. The van der Waals surface area contributed by atoms with E-state index in [-0.39, 0.29) is 0 Å². The van der Waals surface area contributed by atoms with Gasteiger partial charge in [-0.2, -0.15) is 11.8 Å². The summed E-state index contributed by atoms with van der Waals surface area (Å²) in [5, 5.41) is 12.0. The topological polar surface area (TPSA) is 32.3 Å². The lowest BCUT2D eigenvalue weighted by molar-refractivity contribution is 0.296. The highest BCUT2D eigenvalue weighted by Gasteiger charge is 2.07. The Morgan fingerprint density at radius 2 is 1.92 bits per heavy atom. The molecule has 0 aromatic carbocycles. The molecule has 0 bridgehead atoms. The van der Waals surface area contributed by atoms with Gasteiger partial charge in [-0.15, -0.1) is 0 Å². The standard InChI is InChI=1S/C10H23NOS/c1-10(2,3)9-11-5-8-13-7-4-6-12/h11-12H,4-9H2,1-3H3. The van der Waals surface area contributed by atoms with Crippen molar-refractivity contribution in [3.8, 4) is 0 Å².